The van der Waals surface area contributed by atoms with Gasteiger partial charge >= 0.3 is 6.09 Å². The molecule has 41 heavy (non-hydrogen) atoms. The van der Waals surface area contributed by atoms with E-state index in [4.69, 9.17) is 4.74 Å². The predicted molar refractivity (Wildman–Crippen MR) is 160 cm³/mol. The second-order valence-electron chi connectivity index (χ2n) is 10.1. The largest absolute Gasteiger partial charge is 0.497 e. The first-order valence-electron chi connectivity index (χ1n) is 13.6. The number of carboxylic acid groups (broad SMARTS) is 1. The van der Waals surface area contributed by atoms with Crippen LogP contribution in [-0.4, -0.2) is 61.4 Å². The van der Waals surface area contributed by atoms with Crippen molar-refractivity contribution in [3.63, 3.8) is 0 Å². The molecule has 220 valence electrons. The van der Waals surface area contributed by atoms with Crippen molar-refractivity contribution < 1.29 is 27.9 Å². The van der Waals surface area contributed by atoms with E-state index in [9.17, 15) is 23.1 Å². The maximum Gasteiger partial charge on any atom is 0.407 e. The Kier molecular flexibility index (Phi) is 12.0. The molecule has 0 saturated carbocycles. The number of nitrogens with one attached hydrogen (secondary N) is 1. The van der Waals surface area contributed by atoms with Crippen molar-refractivity contribution in [2.24, 2.45) is 5.92 Å². The number of sulfonamides is 1. The van der Waals surface area contributed by atoms with Crippen LogP contribution in [0.5, 0.6) is 5.75 Å². The minimum absolute atomic E-state index is 0.0982. The molecule has 10 heteroatoms. The van der Waals surface area contributed by atoms with Gasteiger partial charge in [0, 0.05) is 31.7 Å². The lowest BCUT2D eigenvalue weighted by Crippen LogP contribution is -2.39. The van der Waals surface area contributed by atoms with Crippen molar-refractivity contribution in [3.05, 3.63) is 96.1 Å². The molecule has 2 amide bonds. The summed E-state index contributed by atoms with van der Waals surface area (Å²) in [5, 5.41) is 9.69. The first-order valence-corrected chi connectivity index (χ1v) is 15.3. The van der Waals surface area contributed by atoms with Crippen LogP contribution in [0.25, 0.3) is 0 Å². The van der Waals surface area contributed by atoms with Gasteiger partial charge in [-0.3, -0.25) is 9.52 Å². The van der Waals surface area contributed by atoms with Gasteiger partial charge in [0.05, 0.1) is 7.11 Å². The van der Waals surface area contributed by atoms with E-state index in [2.05, 4.69) is 4.72 Å². The molecule has 3 aromatic carbocycles. The van der Waals surface area contributed by atoms with E-state index in [-0.39, 0.29) is 37.9 Å². The molecule has 0 saturated heterocycles. The number of benzene rings is 3. The van der Waals surface area contributed by atoms with Gasteiger partial charge in [-0.1, -0.05) is 67.6 Å². The Morgan fingerprint density at radius 3 is 2.10 bits per heavy atom. The Morgan fingerprint density at radius 1 is 0.902 bits per heavy atom. The number of methoxy groups -OCH3 is 1. The molecular formula is C31H39N3O6S. The summed E-state index contributed by atoms with van der Waals surface area (Å²) in [6.07, 6.45) is 0.833. The second-order valence-corrected chi connectivity index (χ2v) is 11.8. The van der Waals surface area contributed by atoms with Gasteiger partial charge in [-0.15, -0.1) is 0 Å². The maximum absolute atomic E-state index is 13.3. The highest BCUT2D eigenvalue weighted by Gasteiger charge is 2.23. The van der Waals surface area contributed by atoms with E-state index >= 15 is 0 Å². The molecule has 0 aliphatic rings. The molecule has 0 bridgehead atoms. The molecule has 0 spiro atoms. The van der Waals surface area contributed by atoms with Crippen molar-refractivity contribution in [1.82, 2.24) is 9.80 Å². The van der Waals surface area contributed by atoms with Crippen molar-refractivity contribution >= 4 is 27.7 Å². The average molecular weight is 582 g/mol. The van der Waals surface area contributed by atoms with E-state index in [0.29, 0.717) is 30.7 Å². The van der Waals surface area contributed by atoms with Crippen molar-refractivity contribution in [1.29, 1.82) is 0 Å². The van der Waals surface area contributed by atoms with Gasteiger partial charge in [-0.05, 0) is 60.6 Å². The fourth-order valence-corrected chi connectivity index (χ4v) is 5.71. The van der Waals surface area contributed by atoms with Crippen LogP contribution >= 0.6 is 0 Å². The number of hydrogen-bond acceptors (Lipinski definition) is 5. The van der Waals surface area contributed by atoms with Crippen LogP contribution in [0.3, 0.4) is 0 Å². The van der Waals surface area contributed by atoms with Crippen LogP contribution in [0.2, 0.25) is 0 Å². The van der Waals surface area contributed by atoms with E-state index in [0.717, 1.165) is 11.1 Å². The first-order chi connectivity index (χ1) is 19.6. The van der Waals surface area contributed by atoms with Crippen molar-refractivity contribution in [3.8, 4) is 5.75 Å². The number of ether oxygens (including phenoxy) is 1. The highest BCUT2D eigenvalue weighted by Crippen LogP contribution is 2.18. The normalized spacial score (nSPS) is 11.9. The fourth-order valence-electron chi connectivity index (χ4n) is 4.47. The minimum atomic E-state index is -3.87. The summed E-state index contributed by atoms with van der Waals surface area (Å²) in [6.45, 7) is 2.70. The van der Waals surface area contributed by atoms with Gasteiger partial charge in [0.15, 0.2) is 0 Å². The Bertz CT molecular complexity index is 1340. The van der Waals surface area contributed by atoms with Crippen LogP contribution in [0, 0.1) is 5.92 Å². The van der Waals surface area contributed by atoms with E-state index < -0.39 is 22.0 Å². The van der Waals surface area contributed by atoms with Gasteiger partial charge in [-0.2, -0.15) is 0 Å². The third-order valence-corrected chi connectivity index (χ3v) is 7.85. The number of carbonyl (C=O) groups is 2. The number of rotatable bonds is 16. The first kappa shape index (κ1) is 31.5. The molecule has 1 unspecified atom stereocenters. The number of carbonyl (C=O) groups excluding carboxylic acids is 1. The van der Waals surface area contributed by atoms with Crippen molar-refractivity contribution in [2.45, 2.75) is 39.2 Å². The van der Waals surface area contributed by atoms with E-state index in [1.807, 2.05) is 67.6 Å². The number of hydrogen-bond donors (Lipinski definition) is 2. The molecule has 0 fully saturated rings. The molecule has 0 aliphatic heterocycles. The smallest absolute Gasteiger partial charge is 0.407 e. The Labute approximate surface area is 242 Å². The van der Waals surface area contributed by atoms with Gasteiger partial charge < -0.3 is 19.6 Å². The third-order valence-electron chi connectivity index (χ3n) is 6.65. The molecule has 1 atom stereocenters. The van der Waals surface area contributed by atoms with Gasteiger partial charge in [0.1, 0.15) is 11.6 Å². The van der Waals surface area contributed by atoms with E-state index in [1.165, 1.54) is 16.9 Å². The summed E-state index contributed by atoms with van der Waals surface area (Å²) < 4.78 is 33.7. The molecule has 0 aliphatic carbocycles. The zero-order chi connectivity index (χ0) is 29.7. The van der Waals surface area contributed by atoms with Crippen molar-refractivity contribution in [2.75, 3.05) is 30.8 Å². The topological polar surface area (TPSA) is 116 Å². The summed E-state index contributed by atoms with van der Waals surface area (Å²) in [4.78, 5) is 27.8. The van der Waals surface area contributed by atoms with Gasteiger partial charge in [-0.25, -0.2) is 13.2 Å². The number of nitrogens with zero attached hydrogens (tertiary/aromatic N) is 2. The lowest BCUT2D eigenvalue weighted by molar-refractivity contribution is -0.130. The summed E-state index contributed by atoms with van der Waals surface area (Å²) in [6, 6.07) is 25.7. The molecule has 9 nitrogen and oxygen atoms in total. The molecule has 0 heterocycles. The Morgan fingerprint density at radius 2 is 1.51 bits per heavy atom. The second kappa shape index (κ2) is 15.7. The molecule has 3 rings (SSSR count). The fraction of sp³-hybridized carbons (Fsp3) is 0.355. The average Bonchev–Trinajstić information content (AvgIpc) is 2.96. The number of amides is 2. The summed E-state index contributed by atoms with van der Waals surface area (Å²) in [5.41, 5.74) is 2.38. The molecule has 2 N–H and O–H groups in total. The zero-order valence-electron chi connectivity index (χ0n) is 23.6. The summed E-state index contributed by atoms with van der Waals surface area (Å²) >= 11 is 0. The minimum Gasteiger partial charge on any atom is -0.497 e. The van der Waals surface area contributed by atoms with Crippen LogP contribution < -0.4 is 9.46 Å². The quantitative estimate of drug-likeness (QED) is 0.232. The number of anilines is 1. The number of aryl methyl sites for hydroxylation is 1. The molecular weight excluding hydrogens is 542 g/mol. The van der Waals surface area contributed by atoms with Gasteiger partial charge in [0.2, 0.25) is 5.91 Å². The van der Waals surface area contributed by atoms with Crippen LogP contribution in [0.4, 0.5) is 10.5 Å². The highest BCUT2D eigenvalue weighted by atomic mass is 32.2. The summed E-state index contributed by atoms with van der Waals surface area (Å²) in [7, 11) is -2.34. The van der Waals surface area contributed by atoms with E-state index in [1.54, 1.807) is 24.3 Å². The summed E-state index contributed by atoms with van der Waals surface area (Å²) in [5.74, 6) is -0.255. The highest BCUT2D eigenvalue weighted by molar-refractivity contribution is 7.92. The Balaban J connectivity index is 1.61. The van der Waals surface area contributed by atoms with Crippen LogP contribution in [0.15, 0.2) is 84.9 Å². The van der Waals surface area contributed by atoms with Crippen LogP contribution in [0.1, 0.15) is 37.3 Å². The SMILES string of the molecule is COc1ccc(NS(=O)(=O)CN(CCCc2ccccc2)C(=O)CCC(C)CN(Cc2ccccc2)C(=O)O)cc1. The Hall–Kier alpha value is -4.05. The molecule has 3 aromatic rings. The maximum atomic E-state index is 13.3. The lowest BCUT2D eigenvalue weighted by Gasteiger charge is -2.25. The van der Waals surface area contributed by atoms with Gasteiger partial charge in [0.25, 0.3) is 10.0 Å². The molecule has 0 radical (unpaired) electrons. The van der Waals surface area contributed by atoms with Crippen LogP contribution in [-0.2, 0) is 27.8 Å². The zero-order valence-corrected chi connectivity index (χ0v) is 24.4. The standard InChI is InChI=1S/C31H39N3O6S/c1-25(22-34(31(36)37)23-27-12-7-4-8-13-27)15-20-30(35)33(21-9-14-26-10-5-3-6-11-26)24-41(38,39)32-28-16-18-29(40-2)19-17-28/h3-8,10-13,16-19,25,32H,9,14-15,20-24H2,1-2H3,(H,36,37). The lowest BCUT2D eigenvalue weighted by atomic mass is 10.0. The third kappa shape index (κ3) is 11.2. The predicted octanol–water partition coefficient (Wildman–Crippen LogP) is 5.45. The molecule has 0 aromatic heterocycles. The monoisotopic (exact) mass is 581 g/mol.